The van der Waals surface area contributed by atoms with Crippen molar-refractivity contribution in [3.05, 3.63) is 253 Å². The zero-order chi connectivity index (χ0) is 45.3. The molecule has 0 amide bonds. The Morgan fingerprint density at radius 1 is 0.410 bits per heavy atom. The molecule has 0 N–H and O–H groups in total. The van der Waals surface area contributed by atoms with Crippen LogP contribution in [-0.4, -0.2) is 4.57 Å². The average molecular weight is 781 g/mol. The number of benzene rings is 10. The van der Waals surface area contributed by atoms with E-state index in [4.69, 9.17) is 1.37 Å². The van der Waals surface area contributed by atoms with Crippen molar-refractivity contribution < 1.29 is 8.22 Å². The molecule has 0 aliphatic heterocycles. The van der Waals surface area contributed by atoms with Gasteiger partial charge in [-0.3, -0.25) is 0 Å². The minimum absolute atomic E-state index is 0.120. The van der Waals surface area contributed by atoms with E-state index < -0.39 is 5.41 Å². The highest BCUT2D eigenvalue weighted by molar-refractivity contribution is 6.11. The molecule has 0 saturated carbocycles. The van der Waals surface area contributed by atoms with Crippen LogP contribution in [0.1, 0.15) is 30.5 Å². The second-order valence-corrected chi connectivity index (χ2v) is 15.9. The molecular formula is C59H38N2. The number of fused-ring (bicyclic) bond motifs is 12. The van der Waals surface area contributed by atoms with Gasteiger partial charge in [0.1, 0.15) is 0 Å². The topological polar surface area (TPSA) is 8.17 Å². The van der Waals surface area contributed by atoms with Crippen molar-refractivity contribution in [2.24, 2.45) is 0 Å². The van der Waals surface area contributed by atoms with Gasteiger partial charge in [-0.15, -0.1) is 0 Å². The molecule has 2 aliphatic carbocycles. The highest BCUT2D eigenvalue weighted by Gasteiger charge is 2.50. The summed E-state index contributed by atoms with van der Waals surface area (Å²) < 4.78 is 58.3. The van der Waals surface area contributed by atoms with Gasteiger partial charge in [0.2, 0.25) is 0 Å². The van der Waals surface area contributed by atoms with E-state index in [2.05, 4.69) is 161 Å². The maximum absolute atomic E-state index is 9.91. The first-order chi connectivity index (χ1) is 32.8. The summed E-state index contributed by atoms with van der Waals surface area (Å²) in [6.07, 6.45) is 0. The van der Waals surface area contributed by atoms with E-state index in [1.54, 1.807) is 0 Å². The number of rotatable bonds is 5. The largest absolute Gasteiger partial charge is 0.310 e. The molecule has 13 rings (SSSR count). The minimum Gasteiger partial charge on any atom is -0.310 e. The van der Waals surface area contributed by atoms with Gasteiger partial charge in [0.25, 0.3) is 0 Å². The first-order valence-corrected chi connectivity index (χ1v) is 20.7. The molecule has 0 bridgehead atoms. The van der Waals surface area contributed by atoms with E-state index in [0.717, 1.165) is 89.1 Å². The molecule has 2 nitrogen and oxygen atoms in total. The van der Waals surface area contributed by atoms with E-state index in [-0.39, 0.29) is 41.6 Å². The van der Waals surface area contributed by atoms with Gasteiger partial charge in [-0.05, 0) is 115 Å². The fourth-order valence-electron chi connectivity index (χ4n) is 10.5. The maximum atomic E-state index is 9.91. The summed E-state index contributed by atoms with van der Waals surface area (Å²) in [5.74, 6) is 0. The summed E-state index contributed by atoms with van der Waals surface area (Å²) in [6.45, 7) is 0. The molecule has 284 valence electrons. The molecule has 1 heterocycles. The van der Waals surface area contributed by atoms with Crippen molar-refractivity contribution in [1.82, 2.24) is 4.57 Å². The van der Waals surface area contributed by atoms with Gasteiger partial charge in [-0.25, -0.2) is 0 Å². The Kier molecular flexibility index (Phi) is 6.08. The van der Waals surface area contributed by atoms with Gasteiger partial charge < -0.3 is 9.47 Å². The van der Waals surface area contributed by atoms with E-state index in [9.17, 15) is 6.85 Å². The highest BCUT2D eigenvalue weighted by Crippen LogP contribution is 2.62. The summed E-state index contributed by atoms with van der Waals surface area (Å²) in [5.41, 5.74) is 13.2. The van der Waals surface area contributed by atoms with Crippen molar-refractivity contribution in [3.8, 4) is 39.1 Å². The monoisotopic (exact) mass is 780 g/mol. The van der Waals surface area contributed by atoms with Crippen molar-refractivity contribution in [3.63, 3.8) is 0 Å². The van der Waals surface area contributed by atoms with Crippen LogP contribution in [0.2, 0.25) is 0 Å². The first kappa shape index (κ1) is 28.5. The van der Waals surface area contributed by atoms with Gasteiger partial charge in [0, 0.05) is 33.4 Å². The highest BCUT2D eigenvalue weighted by atomic mass is 15.1. The number of nitrogens with zero attached hydrogens (tertiary/aromatic N) is 2. The Balaban J connectivity index is 1.15. The number of para-hydroxylation sites is 3. The normalized spacial score (nSPS) is 16.0. The van der Waals surface area contributed by atoms with Crippen LogP contribution in [0.25, 0.3) is 71.6 Å². The zero-order valence-electron chi connectivity index (χ0n) is 38.9. The fraction of sp³-hybridized carbons (Fsp3) is 0.0169. The molecule has 1 atom stereocenters. The molecule has 0 saturated heterocycles. The average Bonchev–Trinajstić information content (AvgIpc) is 3.85. The van der Waals surface area contributed by atoms with Crippen LogP contribution >= 0.6 is 0 Å². The summed E-state index contributed by atoms with van der Waals surface area (Å²) >= 11 is 0. The van der Waals surface area contributed by atoms with E-state index in [1.165, 1.54) is 0 Å². The van der Waals surface area contributed by atoms with Crippen LogP contribution in [0, 0.1) is 0 Å². The Morgan fingerprint density at radius 2 is 1.00 bits per heavy atom. The van der Waals surface area contributed by atoms with Crippen molar-refractivity contribution >= 4 is 49.6 Å². The number of hydrogen-bond acceptors (Lipinski definition) is 1. The molecule has 10 aromatic carbocycles. The molecule has 1 unspecified atom stereocenters. The third-order valence-electron chi connectivity index (χ3n) is 12.9. The van der Waals surface area contributed by atoms with Gasteiger partial charge in [-0.2, -0.15) is 0 Å². The number of anilines is 3. The SMILES string of the molecule is [2H]c1c([2H])c2c3c(c([2H])c([2H])c([2H])c3c1[2H])C1(c3ccccc3-c3ccc(N(c4ccc5c(c4)c4ccccc4n5-c4ccccc4)c4ccccc4-c4ccccc4)cc31)c1ccccc1-2. The maximum Gasteiger partial charge on any atom is 0.0726 e. The first-order valence-electron chi connectivity index (χ1n) is 23.7. The van der Waals surface area contributed by atoms with Crippen molar-refractivity contribution in [2.75, 3.05) is 4.90 Å². The van der Waals surface area contributed by atoms with E-state index in [0.29, 0.717) is 16.5 Å². The lowest BCUT2D eigenvalue weighted by molar-refractivity contribution is 0.773. The molecule has 11 aromatic rings. The zero-order valence-corrected chi connectivity index (χ0v) is 32.9. The quantitative estimate of drug-likeness (QED) is 0.169. The molecular weight excluding hydrogens is 737 g/mol. The van der Waals surface area contributed by atoms with E-state index in [1.807, 2.05) is 42.5 Å². The molecule has 1 aromatic heterocycles. The molecule has 0 radical (unpaired) electrons. The predicted molar refractivity (Wildman–Crippen MR) is 255 cm³/mol. The lowest BCUT2D eigenvalue weighted by Crippen LogP contribution is -2.32. The molecule has 2 heteroatoms. The van der Waals surface area contributed by atoms with Crippen LogP contribution in [-0.2, 0) is 5.41 Å². The van der Waals surface area contributed by atoms with Gasteiger partial charge in [0.05, 0.1) is 30.4 Å². The summed E-state index contributed by atoms with van der Waals surface area (Å²) in [6, 6.07) is 66.0. The summed E-state index contributed by atoms with van der Waals surface area (Å²) in [7, 11) is 0. The van der Waals surface area contributed by atoms with Crippen LogP contribution in [0.3, 0.4) is 0 Å². The lowest BCUT2D eigenvalue weighted by Gasteiger charge is -2.40. The second-order valence-electron chi connectivity index (χ2n) is 15.9. The van der Waals surface area contributed by atoms with Crippen LogP contribution in [0.15, 0.2) is 230 Å². The van der Waals surface area contributed by atoms with Crippen LogP contribution < -0.4 is 4.90 Å². The third-order valence-corrected chi connectivity index (χ3v) is 12.9. The molecule has 2 aliphatic rings. The standard InChI is InChI=1S/C59H38N2/c1-3-17-39(18-4-1)44-23-9-13-31-55(44)60(42-34-36-57-50(37-42)48-26-10-14-32-56(48)61(57)41-21-5-2-6-22-41)43-33-35-47-45-24-7-11-28-51(45)59(54(47)38-43)52-29-12-8-25-46(52)49-27-15-19-40-20-16-30-53(59)58(40)49/h1-38H/i15D,16D,19D,20D,27D,30D. The van der Waals surface area contributed by atoms with Gasteiger partial charge >= 0.3 is 0 Å². The Hall–Kier alpha value is -7.94. The molecule has 1 spiro atoms. The van der Waals surface area contributed by atoms with Crippen molar-refractivity contribution in [2.45, 2.75) is 5.41 Å². The fourth-order valence-corrected chi connectivity index (χ4v) is 10.5. The van der Waals surface area contributed by atoms with Crippen molar-refractivity contribution in [1.29, 1.82) is 0 Å². The van der Waals surface area contributed by atoms with Gasteiger partial charge in [0.15, 0.2) is 0 Å². The molecule has 0 fully saturated rings. The van der Waals surface area contributed by atoms with Crippen LogP contribution in [0.4, 0.5) is 17.1 Å². The third kappa shape index (κ3) is 4.73. The lowest BCUT2D eigenvalue weighted by atomic mass is 9.61. The molecule has 61 heavy (non-hydrogen) atoms. The smallest absolute Gasteiger partial charge is 0.0726 e. The Labute approximate surface area is 363 Å². The minimum atomic E-state index is -1.19. The summed E-state index contributed by atoms with van der Waals surface area (Å²) in [5, 5.41) is 2.79. The number of aromatic nitrogens is 1. The predicted octanol–water partition coefficient (Wildman–Crippen LogP) is 15.4. The van der Waals surface area contributed by atoms with E-state index >= 15 is 0 Å². The summed E-state index contributed by atoms with van der Waals surface area (Å²) in [4.78, 5) is 2.33. The Bertz CT molecular complexity index is 3890. The van der Waals surface area contributed by atoms with Gasteiger partial charge in [-0.1, -0.05) is 176 Å². The number of hydrogen-bond donors (Lipinski definition) is 0. The van der Waals surface area contributed by atoms with Crippen LogP contribution in [0.5, 0.6) is 0 Å². The Morgan fingerprint density at radius 3 is 1.80 bits per heavy atom. The second kappa shape index (κ2) is 13.0.